The maximum absolute atomic E-state index is 4.65. The molecular weight excluding hydrogens is 310 g/mol. The van der Waals surface area contributed by atoms with E-state index in [-0.39, 0.29) is 5.41 Å². The zero-order valence-electron chi connectivity index (χ0n) is 15.6. The Morgan fingerprint density at radius 3 is 2.24 bits per heavy atom. The van der Waals surface area contributed by atoms with Gasteiger partial charge >= 0.3 is 0 Å². The summed E-state index contributed by atoms with van der Waals surface area (Å²) < 4.78 is 2.27. The number of rotatable bonds is 4. The van der Waals surface area contributed by atoms with E-state index < -0.39 is 0 Å². The average molecular weight is 342 g/mol. The number of anilines is 1. The SMILES string of the molecule is CN.Cn1c(N2CCCCC2)nnc1C1(Cc2ccccc2)CCC1. The van der Waals surface area contributed by atoms with E-state index in [4.69, 9.17) is 0 Å². The number of hydrogen-bond acceptors (Lipinski definition) is 4. The van der Waals surface area contributed by atoms with Crippen molar-refractivity contribution >= 4 is 5.95 Å². The fourth-order valence-electron chi connectivity index (χ4n) is 4.22. The van der Waals surface area contributed by atoms with Crippen LogP contribution in [0.5, 0.6) is 0 Å². The van der Waals surface area contributed by atoms with Crippen molar-refractivity contribution in [2.24, 2.45) is 12.8 Å². The Kier molecular flexibility index (Phi) is 5.74. The van der Waals surface area contributed by atoms with Crippen LogP contribution in [0.25, 0.3) is 0 Å². The molecule has 1 aliphatic carbocycles. The Morgan fingerprint density at radius 1 is 0.960 bits per heavy atom. The summed E-state index contributed by atoms with van der Waals surface area (Å²) in [6, 6.07) is 10.8. The van der Waals surface area contributed by atoms with Crippen LogP contribution in [0, 0.1) is 0 Å². The van der Waals surface area contributed by atoms with E-state index in [0.29, 0.717) is 0 Å². The van der Waals surface area contributed by atoms with Crippen molar-refractivity contribution in [2.45, 2.75) is 50.4 Å². The number of benzene rings is 1. The minimum absolute atomic E-state index is 0.192. The lowest BCUT2D eigenvalue weighted by molar-refractivity contribution is 0.221. The van der Waals surface area contributed by atoms with Crippen LogP contribution in [0.2, 0.25) is 0 Å². The fourth-order valence-corrected chi connectivity index (χ4v) is 4.22. The van der Waals surface area contributed by atoms with Crippen molar-refractivity contribution in [2.75, 3.05) is 25.0 Å². The first-order valence-corrected chi connectivity index (χ1v) is 9.55. The highest BCUT2D eigenvalue weighted by molar-refractivity contribution is 5.34. The lowest BCUT2D eigenvalue weighted by atomic mass is 9.64. The van der Waals surface area contributed by atoms with Gasteiger partial charge in [-0.25, -0.2) is 0 Å². The lowest BCUT2D eigenvalue weighted by Gasteiger charge is -2.41. The molecule has 1 aliphatic heterocycles. The largest absolute Gasteiger partial charge is 0.341 e. The zero-order chi connectivity index (χ0) is 17.7. The van der Waals surface area contributed by atoms with Crippen molar-refractivity contribution in [1.82, 2.24) is 14.8 Å². The van der Waals surface area contributed by atoms with Crippen molar-refractivity contribution < 1.29 is 0 Å². The van der Waals surface area contributed by atoms with E-state index in [1.807, 2.05) is 0 Å². The molecule has 2 N–H and O–H groups in total. The van der Waals surface area contributed by atoms with E-state index in [1.165, 1.54) is 57.0 Å². The first-order chi connectivity index (χ1) is 12.3. The molecule has 2 aromatic rings. The van der Waals surface area contributed by atoms with Gasteiger partial charge in [0, 0.05) is 25.6 Å². The third kappa shape index (κ3) is 3.56. The predicted molar refractivity (Wildman–Crippen MR) is 103 cm³/mol. The van der Waals surface area contributed by atoms with Gasteiger partial charge < -0.3 is 10.6 Å². The van der Waals surface area contributed by atoms with Crippen molar-refractivity contribution in [3.05, 3.63) is 41.7 Å². The first kappa shape index (κ1) is 17.9. The van der Waals surface area contributed by atoms with Crippen LogP contribution >= 0.6 is 0 Å². The maximum atomic E-state index is 4.65. The molecule has 2 fully saturated rings. The monoisotopic (exact) mass is 341 g/mol. The summed E-state index contributed by atoms with van der Waals surface area (Å²) in [5.74, 6) is 2.26. The third-order valence-electron chi connectivity index (χ3n) is 5.66. The molecule has 1 aromatic heterocycles. The quantitative estimate of drug-likeness (QED) is 0.928. The van der Waals surface area contributed by atoms with E-state index in [9.17, 15) is 0 Å². The highest BCUT2D eigenvalue weighted by Crippen LogP contribution is 2.45. The molecule has 1 saturated heterocycles. The zero-order valence-corrected chi connectivity index (χ0v) is 15.6. The molecule has 136 valence electrons. The summed E-state index contributed by atoms with van der Waals surface area (Å²) in [5, 5.41) is 9.22. The smallest absolute Gasteiger partial charge is 0.226 e. The van der Waals surface area contributed by atoms with Gasteiger partial charge in [0.25, 0.3) is 0 Å². The number of nitrogens with zero attached hydrogens (tertiary/aromatic N) is 4. The molecular formula is C20H31N5. The van der Waals surface area contributed by atoms with Crippen LogP contribution in [0.4, 0.5) is 5.95 Å². The maximum Gasteiger partial charge on any atom is 0.226 e. The first-order valence-electron chi connectivity index (χ1n) is 9.55. The van der Waals surface area contributed by atoms with Gasteiger partial charge in [-0.15, -0.1) is 10.2 Å². The minimum atomic E-state index is 0.192. The van der Waals surface area contributed by atoms with Crippen molar-refractivity contribution in [3.8, 4) is 0 Å². The van der Waals surface area contributed by atoms with Crippen LogP contribution in [0.1, 0.15) is 49.9 Å². The van der Waals surface area contributed by atoms with Crippen LogP contribution in [-0.2, 0) is 18.9 Å². The third-order valence-corrected chi connectivity index (χ3v) is 5.66. The molecule has 0 amide bonds. The highest BCUT2D eigenvalue weighted by atomic mass is 15.4. The van der Waals surface area contributed by atoms with Gasteiger partial charge in [0.2, 0.25) is 5.95 Å². The van der Waals surface area contributed by atoms with Crippen LogP contribution < -0.4 is 10.6 Å². The molecule has 1 saturated carbocycles. The summed E-state index contributed by atoms with van der Waals surface area (Å²) in [6.07, 6.45) is 8.74. The summed E-state index contributed by atoms with van der Waals surface area (Å²) in [6.45, 7) is 2.25. The predicted octanol–water partition coefficient (Wildman–Crippen LogP) is 3.04. The van der Waals surface area contributed by atoms with E-state index >= 15 is 0 Å². The average Bonchev–Trinajstić information content (AvgIpc) is 3.03. The topological polar surface area (TPSA) is 60.0 Å². The number of piperidine rings is 1. The molecule has 2 aliphatic rings. The van der Waals surface area contributed by atoms with Crippen molar-refractivity contribution in [3.63, 3.8) is 0 Å². The second-order valence-electron chi connectivity index (χ2n) is 7.23. The molecule has 2 heterocycles. The van der Waals surface area contributed by atoms with Gasteiger partial charge in [-0.05, 0) is 51.1 Å². The Hall–Kier alpha value is -1.88. The Bertz CT molecular complexity index is 654. The second-order valence-corrected chi connectivity index (χ2v) is 7.23. The molecule has 4 rings (SSSR count). The Labute approximate surface area is 151 Å². The van der Waals surface area contributed by atoms with Gasteiger partial charge in [0.05, 0.1) is 0 Å². The molecule has 5 nitrogen and oxygen atoms in total. The van der Waals surface area contributed by atoms with Gasteiger partial charge in [0.15, 0.2) is 0 Å². The highest BCUT2D eigenvalue weighted by Gasteiger charge is 2.43. The van der Waals surface area contributed by atoms with Crippen LogP contribution in [-0.4, -0.2) is 34.9 Å². The molecule has 1 aromatic carbocycles. The van der Waals surface area contributed by atoms with Gasteiger partial charge in [-0.2, -0.15) is 0 Å². The van der Waals surface area contributed by atoms with Gasteiger partial charge in [-0.3, -0.25) is 4.57 Å². The second kappa shape index (κ2) is 8.00. The lowest BCUT2D eigenvalue weighted by Crippen LogP contribution is -2.39. The van der Waals surface area contributed by atoms with Crippen LogP contribution in [0.3, 0.4) is 0 Å². The molecule has 0 atom stereocenters. The molecule has 0 bridgehead atoms. The molecule has 0 unspecified atom stereocenters. The van der Waals surface area contributed by atoms with Crippen molar-refractivity contribution in [1.29, 1.82) is 0 Å². The summed E-state index contributed by atoms with van der Waals surface area (Å²) in [5.41, 5.74) is 6.10. The van der Waals surface area contributed by atoms with Gasteiger partial charge in [0.1, 0.15) is 5.82 Å². The minimum Gasteiger partial charge on any atom is -0.341 e. The fraction of sp³-hybridized carbons (Fsp3) is 0.600. The molecule has 5 heteroatoms. The van der Waals surface area contributed by atoms with E-state index in [0.717, 1.165) is 25.5 Å². The number of aromatic nitrogens is 3. The molecule has 25 heavy (non-hydrogen) atoms. The Balaban J connectivity index is 0.000000880. The van der Waals surface area contributed by atoms with Gasteiger partial charge in [-0.1, -0.05) is 36.8 Å². The summed E-state index contributed by atoms with van der Waals surface area (Å²) in [4.78, 5) is 2.41. The van der Waals surface area contributed by atoms with E-state index in [2.05, 4.69) is 62.8 Å². The number of nitrogens with two attached hydrogens (primary N) is 1. The number of hydrogen-bond donors (Lipinski definition) is 1. The molecule has 0 radical (unpaired) electrons. The standard InChI is InChI=1S/C19H26N4.CH5N/c1-22-17(20-21-18(22)23-13-6-3-7-14-23)19(11-8-12-19)15-16-9-4-2-5-10-16;1-2/h2,4-5,9-10H,3,6-8,11-15H2,1H3;2H2,1H3. The summed E-state index contributed by atoms with van der Waals surface area (Å²) >= 11 is 0. The normalized spacial score (nSPS) is 18.9. The Morgan fingerprint density at radius 2 is 1.64 bits per heavy atom. The summed E-state index contributed by atoms with van der Waals surface area (Å²) in [7, 11) is 3.66. The van der Waals surface area contributed by atoms with Crippen LogP contribution in [0.15, 0.2) is 30.3 Å². The molecule has 0 spiro atoms. The van der Waals surface area contributed by atoms with E-state index in [1.54, 1.807) is 0 Å².